The number of carbonyl (C=O) groups excluding carboxylic acids is 1. The van der Waals surface area contributed by atoms with Crippen LogP contribution in [0.25, 0.3) is 5.57 Å². The van der Waals surface area contributed by atoms with Crippen molar-refractivity contribution in [3.05, 3.63) is 35.9 Å². The number of carbonyl (C=O) groups is 1. The van der Waals surface area contributed by atoms with Crippen molar-refractivity contribution in [3.8, 4) is 5.75 Å². The number of rotatable bonds is 3. The predicted octanol–water partition coefficient (Wildman–Crippen LogP) is 3.19. The van der Waals surface area contributed by atoms with Gasteiger partial charge < -0.3 is 9.47 Å². The van der Waals surface area contributed by atoms with Gasteiger partial charge in [-0.3, -0.25) is 4.79 Å². The molecule has 0 amide bonds. The Hall–Kier alpha value is -1.77. The summed E-state index contributed by atoms with van der Waals surface area (Å²) in [4.78, 5) is 10.9. The Morgan fingerprint density at radius 1 is 1.28 bits per heavy atom. The summed E-state index contributed by atoms with van der Waals surface area (Å²) >= 11 is 0. The lowest BCUT2D eigenvalue weighted by Crippen LogP contribution is -2.18. The van der Waals surface area contributed by atoms with Crippen LogP contribution in [0.4, 0.5) is 0 Å². The van der Waals surface area contributed by atoms with Gasteiger partial charge in [-0.15, -0.1) is 0 Å². The molecule has 96 valence electrons. The molecule has 1 aliphatic carbocycles. The number of esters is 1. The van der Waals surface area contributed by atoms with Gasteiger partial charge in [-0.05, 0) is 36.1 Å². The van der Waals surface area contributed by atoms with Gasteiger partial charge in [0.25, 0.3) is 0 Å². The maximum atomic E-state index is 10.9. The lowest BCUT2D eigenvalue weighted by molar-refractivity contribution is -0.146. The van der Waals surface area contributed by atoms with Crippen molar-refractivity contribution >= 4 is 11.5 Å². The molecule has 0 heterocycles. The summed E-state index contributed by atoms with van der Waals surface area (Å²) in [6, 6.07) is 8.07. The zero-order valence-corrected chi connectivity index (χ0v) is 10.8. The second kappa shape index (κ2) is 5.71. The number of hydrogen-bond acceptors (Lipinski definition) is 3. The highest BCUT2D eigenvalue weighted by Gasteiger charge is 2.17. The summed E-state index contributed by atoms with van der Waals surface area (Å²) in [6.45, 7) is 1.46. The van der Waals surface area contributed by atoms with E-state index < -0.39 is 0 Å². The van der Waals surface area contributed by atoms with E-state index in [4.69, 9.17) is 9.47 Å². The van der Waals surface area contributed by atoms with Crippen molar-refractivity contribution in [2.75, 3.05) is 7.11 Å². The van der Waals surface area contributed by atoms with Crippen LogP contribution in [0.15, 0.2) is 30.3 Å². The summed E-state index contributed by atoms with van der Waals surface area (Å²) in [5, 5.41) is 0. The van der Waals surface area contributed by atoms with Gasteiger partial charge in [0.1, 0.15) is 11.9 Å². The van der Waals surface area contributed by atoms with Crippen molar-refractivity contribution in [1.29, 1.82) is 0 Å². The lowest BCUT2D eigenvalue weighted by atomic mass is 9.92. The lowest BCUT2D eigenvalue weighted by Gasteiger charge is -2.21. The second-order valence-corrected chi connectivity index (χ2v) is 4.46. The van der Waals surface area contributed by atoms with E-state index in [0.717, 1.165) is 25.0 Å². The third-order valence-corrected chi connectivity index (χ3v) is 3.16. The van der Waals surface area contributed by atoms with Crippen LogP contribution in [-0.2, 0) is 9.53 Å². The molecule has 3 heteroatoms. The molecular formula is C15H18O3. The number of ether oxygens (including phenoxy) is 2. The molecule has 3 nitrogen and oxygen atoms in total. The normalized spacial score (nSPS) is 19.0. The van der Waals surface area contributed by atoms with Crippen LogP contribution < -0.4 is 4.74 Å². The van der Waals surface area contributed by atoms with E-state index in [1.54, 1.807) is 7.11 Å². The topological polar surface area (TPSA) is 35.5 Å². The van der Waals surface area contributed by atoms with E-state index in [1.807, 2.05) is 12.1 Å². The molecule has 0 radical (unpaired) electrons. The molecule has 1 atom stereocenters. The Balaban J connectivity index is 2.02. The summed E-state index contributed by atoms with van der Waals surface area (Å²) in [7, 11) is 1.67. The molecule has 1 aromatic carbocycles. The Morgan fingerprint density at radius 2 is 2.00 bits per heavy atom. The molecule has 0 aromatic heterocycles. The minimum atomic E-state index is -0.193. The molecule has 2 rings (SSSR count). The van der Waals surface area contributed by atoms with Crippen molar-refractivity contribution in [2.45, 2.75) is 32.3 Å². The molecule has 0 N–H and O–H groups in total. The molecule has 1 aromatic rings. The van der Waals surface area contributed by atoms with Crippen LogP contribution in [-0.4, -0.2) is 19.2 Å². The SMILES string of the molecule is COc1ccc(C2=CCC(OC(C)=O)CC2)cc1. The molecule has 1 unspecified atom stereocenters. The van der Waals surface area contributed by atoms with Crippen molar-refractivity contribution < 1.29 is 14.3 Å². The molecule has 0 spiro atoms. The van der Waals surface area contributed by atoms with Crippen molar-refractivity contribution in [2.24, 2.45) is 0 Å². The average molecular weight is 246 g/mol. The fourth-order valence-corrected chi connectivity index (χ4v) is 2.22. The minimum Gasteiger partial charge on any atom is -0.497 e. The standard InChI is InChI=1S/C15H18O3/c1-11(16)18-15-9-5-13(6-10-15)12-3-7-14(17-2)8-4-12/h3-5,7-8,15H,6,9-10H2,1-2H3. The number of allylic oxidation sites excluding steroid dienone is 1. The number of hydrogen-bond donors (Lipinski definition) is 0. The van der Waals surface area contributed by atoms with Crippen LogP contribution >= 0.6 is 0 Å². The molecule has 0 aliphatic heterocycles. The quantitative estimate of drug-likeness (QED) is 0.768. The molecule has 0 bridgehead atoms. The maximum absolute atomic E-state index is 10.9. The van der Waals surface area contributed by atoms with Crippen LogP contribution in [0.1, 0.15) is 31.7 Å². The number of benzene rings is 1. The molecule has 18 heavy (non-hydrogen) atoms. The van der Waals surface area contributed by atoms with Crippen LogP contribution in [0.5, 0.6) is 5.75 Å². The Kier molecular flexibility index (Phi) is 4.03. The van der Waals surface area contributed by atoms with E-state index in [9.17, 15) is 4.79 Å². The van der Waals surface area contributed by atoms with E-state index in [1.165, 1.54) is 18.1 Å². The van der Waals surface area contributed by atoms with Gasteiger partial charge in [0.2, 0.25) is 0 Å². The van der Waals surface area contributed by atoms with Crippen molar-refractivity contribution in [1.82, 2.24) is 0 Å². The molecule has 0 saturated carbocycles. The summed E-state index contributed by atoms with van der Waals surface area (Å²) in [6.07, 6.45) is 4.87. The van der Waals surface area contributed by atoms with E-state index in [2.05, 4.69) is 18.2 Å². The van der Waals surface area contributed by atoms with Gasteiger partial charge in [-0.25, -0.2) is 0 Å². The summed E-state index contributed by atoms with van der Waals surface area (Å²) < 4.78 is 10.3. The van der Waals surface area contributed by atoms with E-state index in [0.29, 0.717) is 0 Å². The minimum absolute atomic E-state index is 0.0458. The Bertz CT molecular complexity index is 445. The zero-order chi connectivity index (χ0) is 13.0. The smallest absolute Gasteiger partial charge is 0.302 e. The first-order valence-corrected chi connectivity index (χ1v) is 6.19. The monoisotopic (exact) mass is 246 g/mol. The fraction of sp³-hybridized carbons (Fsp3) is 0.400. The first-order valence-electron chi connectivity index (χ1n) is 6.19. The van der Waals surface area contributed by atoms with Crippen LogP contribution in [0.3, 0.4) is 0 Å². The van der Waals surface area contributed by atoms with Gasteiger partial charge in [0, 0.05) is 13.3 Å². The largest absolute Gasteiger partial charge is 0.497 e. The van der Waals surface area contributed by atoms with E-state index >= 15 is 0 Å². The van der Waals surface area contributed by atoms with Gasteiger partial charge >= 0.3 is 5.97 Å². The highest BCUT2D eigenvalue weighted by Crippen LogP contribution is 2.29. The maximum Gasteiger partial charge on any atom is 0.302 e. The fourth-order valence-electron chi connectivity index (χ4n) is 2.22. The van der Waals surface area contributed by atoms with Gasteiger partial charge in [0.15, 0.2) is 0 Å². The first kappa shape index (κ1) is 12.7. The van der Waals surface area contributed by atoms with Gasteiger partial charge in [0.05, 0.1) is 7.11 Å². The molecule has 0 saturated heterocycles. The molecule has 0 fully saturated rings. The van der Waals surface area contributed by atoms with Crippen LogP contribution in [0, 0.1) is 0 Å². The predicted molar refractivity (Wildman–Crippen MR) is 70.4 cm³/mol. The first-order chi connectivity index (χ1) is 8.69. The van der Waals surface area contributed by atoms with Gasteiger partial charge in [-0.1, -0.05) is 18.2 Å². The van der Waals surface area contributed by atoms with E-state index in [-0.39, 0.29) is 12.1 Å². The second-order valence-electron chi connectivity index (χ2n) is 4.46. The summed E-state index contributed by atoms with van der Waals surface area (Å²) in [5.41, 5.74) is 2.54. The van der Waals surface area contributed by atoms with Gasteiger partial charge in [-0.2, -0.15) is 0 Å². The number of methoxy groups -OCH3 is 1. The highest BCUT2D eigenvalue weighted by atomic mass is 16.5. The van der Waals surface area contributed by atoms with Crippen LogP contribution in [0.2, 0.25) is 0 Å². The third kappa shape index (κ3) is 3.13. The molecule has 1 aliphatic rings. The summed E-state index contributed by atoms with van der Waals surface area (Å²) in [5.74, 6) is 0.675. The third-order valence-electron chi connectivity index (χ3n) is 3.16. The Morgan fingerprint density at radius 3 is 2.50 bits per heavy atom. The highest BCUT2D eigenvalue weighted by molar-refractivity contribution is 5.68. The molecular weight excluding hydrogens is 228 g/mol. The van der Waals surface area contributed by atoms with Crippen molar-refractivity contribution in [3.63, 3.8) is 0 Å². The average Bonchev–Trinajstić information content (AvgIpc) is 2.39. The zero-order valence-electron chi connectivity index (χ0n) is 10.8. The Labute approximate surface area is 107 Å².